The third-order valence-corrected chi connectivity index (χ3v) is 5.29. The first-order valence-electron chi connectivity index (χ1n) is 7.28. The Kier molecular flexibility index (Phi) is 5.17. The monoisotopic (exact) mass is 358 g/mol. The summed E-state index contributed by atoms with van der Waals surface area (Å²) in [6, 6.07) is 6.62. The maximum atomic E-state index is 6.50. The van der Waals surface area contributed by atoms with Gasteiger partial charge in [-0.1, -0.05) is 24.1 Å². The van der Waals surface area contributed by atoms with Crippen LogP contribution in [0.2, 0.25) is 5.02 Å². The van der Waals surface area contributed by atoms with Gasteiger partial charge in [-0.15, -0.1) is 0 Å². The Balaban J connectivity index is 2.42. The molecule has 2 unspecified atom stereocenters. The van der Waals surface area contributed by atoms with Crippen LogP contribution in [-0.4, -0.2) is 23.0 Å². The van der Waals surface area contributed by atoms with E-state index in [2.05, 4.69) is 53.7 Å². The molecule has 0 bridgehead atoms. The molecule has 0 aromatic heterocycles. The fourth-order valence-corrected chi connectivity index (χ4v) is 3.58. The summed E-state index contributed by atoms with van der Waals surface area (Å²) in [5.41, 5.74) is 7.86. The molecule has 2 rings (SSSR count). The molecule has 1 aromatic carbocycles. The summed E-state index contributed by atoms with van der Waals surface area (Å²) in [6.07, 6.45) is 3.51. The van der Waals surface area contributed by atoms with Crippen LogP contribution in [0.1, 0.15) is 51.6 Å². The Bertz CT molecular complexity index is 470. The molecule has 2 atom stereocenters. The summed E-state index contributed by atoms with van der Waals surface area (Å²) in [7, 11) is 0. The molecule has 1 heterocycles. The highest BCUT2D eigenvalue weighted by Crippen LogP contribution is 2.36. The molecule has 1 saturated heterocycles. The molecule has 112 valence electrons. The topological polar surface area (TPSA) is 29.3 Å². The second-order valence-electron chi connectivity index (χ2n) is 6.64. The lowest BCUT2D eigenvalue weighted by Crippen LogP contribution is -2.49. The van der Waals surface area contributed by atoms with Gasteiger partial charge >= 0.3 is 0 Å². The van der Waals surface area contributed by atoms with E-state index in [1.165, 1.54) is 18.4 Å². The van der Waals surface area contributed by atoms with Gasteiger partial charge in [0.2, 0.25) is 0 Å². The number of nitrogens with zero attached hydrogens (tertiary/aromatic N) is 1. The van der Waals surface area contributed by atoms with E-state index in [0.717, 1.165) is 22.5 Å². The molecule has 1 fully saturated rings. The lowest BCUT2D eigenvalue weighted by atomic mass is 9.92. The molecule has 2 N–H and O–H groups in total. The van der Waals surface area contributed by atoms with Gasteiger partial charge in [0.15, 0.2) is 0 Å². The van der Waals surface area contributed by atoms with Crippen molar-refractivity contribution in [3.63, 3.8) is 0 Å². The molecule has 0 aliphatic carbocycles. The zero-order chi connectivity index (χ0) is 14.9. The highest BCUT2D eigenvalue weighted by molar-refractivity contribution is 9.10. The van der Waals surface area contributed by atoms with Crippen molar-refractivity contribution >= 4 is 27.5 Å². The minimum Gasteiger partial charge on any atom is -0.326 e. The van der Waals surface area contributed by atoms with Crippen molar-refractivity contribution in [2.45, 2.75) is 57.7 Å². The van der Waals surface area contributed by atoms with Crippen LogP contribution in [0.3, 0.4) is 0 Å². The van der Waals surface area contributed by atoms with Gasteiger partial charge in [-0.2, -0.15) is 0 Å². The van der Waals surface area contributed by atoms with E-state index in [4.69, 9.17) is 17.3 Å². The van der Waals surface area contributed by atoms with E-state index in [1.807, 2.05) is 6.07 Å². The predicted molar refractivity (Wildman–Crippen MR) is 90.2 cm³/mol. The van der Waals surface area contributed by atoms with Gasteiger partial charge in [0, 0.05) is 16.1 Å². The molecule has 0 saturated carbocycles. The molecule has 1 aliphatic heterocycles. The standard InChI is InChI=1S/C16H24BrClN2/c1-16(2,3)20-9-5-4-6-14(19)15(20)11-7-8-13(18)12(17)10-11/h7-8,10,14-15H,4-6,9,19H2,1-3H3. The lowest BCUT2D eigenvalue weighted by molar-refractivity contribution is 0.0755. The third kappa shape index (κ3) is 3.56. The molecular weight excluding hydrogens is 336 g/mol. The van der Waals surface area contributed by atoms with Crippen molar-refractivity contribution in [1.82, 2.24) is 4.90 Å². The molecule has 0 spiro atoms. The Hall–Kier alpha value is -0.0900. The molecule has 20 heavy (non-hydrogen) atoms. The third-order valence-electron chi connectivity index (χ3n) is 4.07. The van der Waals surface area contributed by atoms with Crippen LogP contribution >= 0.6 is 27.5 Å². The van der Waals surface area contributed by atoms with Gasteiger partial charge in [-0.25, -0.2) is 0 Å². The number of hydrogen-bond acceptors (Lipinski definition) is 2. The van der Waals surface area contributed by atoms with Crippen LogP contribution in [0.25, 0.3) is 0 Å². The summed E-state index contributed by atoms with van der Waals surface area (Å²) in [4.78, 5) is 2.54. The van der Waals surface area contributed by atoms with Gasteiger partial charge < -0.3 is 5.73 Å². The average Bonchev–Trinajstić information content (AvgIpc) is 2.54. The Morgan fingerprint density at radius 3 is 2.60 bits per heavy atom. The smallest absolute Gasteiger partial charge is 0.0548 e. The minimum atomic E-state index is 0.110. The first-order valence-corrected chi connectivity index (χ1v) is 8.45. The summed E-state index contributed by atoms with van der Waals surface area (Å²) < 4.78 is 0.946. The Labute approximate surface area is 135 Å². The summed E-state index contributed by atoms with van der Waals surface area (Å²) in [5, 5.41) is 0.748. The molecule has 1 aliphatic rings. The molecule has 1 aromatic rings. The van der Waals surface area contributed by atoms with Crippen molar-refractivity contribution in [2.75, 3.05) is 6.54 Å². The number of likely N-dealkylation sites (tertiary alicyclic amines) is 1. The molecule has 0 amide bonds. The first-order chi connectivity index (χ1) is 9.30. The summed E-state index contributed by atoms with van der Waals surface area (Å²) >= 11 is 9.65. The highest BCUT2D eigenvalue weighted by atomic mass is 79.9. The normalized spacial score (nSPS) is 25.5. The fraction of sp³-hybridized carbons (Fsp3) is 0.625. The van der Waals surface area contributed by atoms with Crippen molar-refractivity contribution in [3.8, 4) is 0 Å². The van der Waals surface area contributed by atoms with Crippen molar-refractivity contribution in [3.05, 3.63) is 33.3 Å². The minimum absolute atomic E-state index is 0.110. The van der Waals surface area contributed by atoms with E-state index in [0.29, 0.717) is 0 Å². The van der Waals surface area contributed by atoms with E-state index in [-0.39, 0.29) is 17.6 Å². The van der Waals surface area contributed by atoms with E-state index in [1.54, 1.807) is 0 Å². The van der Waals surface area contributed by atoms with E-state index in [9.17, 15) is 0 Å². The average molecular weight is 360 g/mol. The van der Waals surface area contributed by atoms with Crippen LogP contribution in [0.15, 0.2) is 22.7 Å². The number of rotatable bonds is 1. The quantitative estimate of drug-likeness (QED) is 0.783. The van der Waals surface area contributed by atoms with Gasteiger partial charge in [-0.3, -0.25) is 4.90 Å². The predicted octanol–water partition coefficient (Wildman–Crippen LogP) is 4.76. The van der Waals surface area contributed by atoms with Crippen LogP contribution < -0.4 is 5.73 Å². The van der Waals surface area contributed by atoms with Crippen molar-refractivity contribution in [1.29, 1.82) is 0 Å². The number of hydrogen-bond donors (Lipinski definition) is 1. The van der Waals surface area contributed by atoms with Crippen LogP contribution in [0.4, 0.5) is 0 Å². The van der Waals surface area contributed by atoms with Gasteiger partial charge in [-0.05, 0) is 73.8 Å². The van der Waals surface area contributed by atoms with Crippen molar-refractivity contribution in [2.24, 2.45) is 5.73 Å². The zero-order valence-electron chi connectivity index (χ0n) is 12.5. The molecule has 2 nitrogen and oxygen atoms in total. The van der Waals surface area contributed by atoms with E-state index >= 15 is 0 Å². The number of benzene rings is 1. The zero-order valence-corrected chi connectivity index (χ0v) is 14.8. The molecular formula is C16H24BrClN2. The number of nitrogens with two attached hydrogens (primary N) is 1. The van der Waals surface area contributed by atoms with Crippen molar-refractivity contribution < 1.29 is 0 Å². The highest BCUT2D eigenvalue weighted by Gasteiger charge is 2.35. The van der Waals surface area contributed by atoms with Gasteiger partial charge in [0.05, 0.1) is 11.1 Å². The molecule has 0 radical (unpaired) electrons. The van der Waals surface area contributed by atoms with Gasteiger partial charge in [0.1, 0.15) is 0 Å². The maximum absolute atomic E-state index is 6.50. The fourth-order valence-electron chi connectivity index (χ4n) is 3.07. The Morgan fingerprint density at radius 2 is 2.00 bits per heavy atom. The largest absolute Gasteiger partial charge is 0.326 e. The SMILES string of the molecule is CC(C)(C)N1CCCCC(N)C1c1ccc(Cl)c(Br)c1. The van der Waals surface area contributed by atoms with E-state index < -0.39 is 0 Å². The molecule has 4 heteroatoms. The van der Waals surface area contributed by atoms with Crippen LogP contribution in [0.5, 0.6) is 0 Å². The van der Waals surface area contributed by atoms with Crippen LogP contribution in [0, 0.1) is 0 Å². The summed E-state index contributed by atoms with van der Waals surface area (Å²) in [6.45, 7) is 7.90. The maximum Gasteiger partial charge on any atom is 0.0548 e. The number of halogens is 2. The second kappa shape index (κ2) is 6.35. The Morgan fingerprint density at radius 1 is 1.30 bits per heavy atom. The summed E-state index contributed by atoms with van der Waals surface area (Å²) in [5.74, 6) is 0. The van der Waals surface area contributed by atoms with Crippen LogP contribution in [-0.2, 0) is 0 Å². The lowest BCUT2D eigenvalue weighted by Gasteiger charge is -2.43. The van der Waals surface area contributed by atoms with Gasteiger partial charge in [0.25, 0.3) is 0 Å². The first kappa shape index (κ1) is 16.3. The second-order valence-corrected chi connectivity index (χ2v) is 7.90.